The Labute approximate surface area is 98.4 Å². The van der Waals surface area contributed by atoms with Crippen molar-refractivity contribution in [1.29, 1.82) is 0 Å². The summed E-state index contributed by atoms with van der Waals surface area (Å²) in [5, 5.41) is 3.26. The monoisotopic (exact) mass is 259 g/mol. The summed E-state index contributed by atoms with van der Waals surface area (Å²) in [6.07, 6.45) is -0.554. The second-order valence-electron chi connectivity index (χ2n) is 3.35. The summed E-state index contributed by atoms with van der Waals surface area (Å²) in [6, 6.07) is 8.55. The zero-order valence-electron chi connectivity index (χ0n) is 8.98. The van der Waals surface area contributed by atoms with Crippen LogP contribution in [-0.2, 0) is 9.36 Å². The number of amides is 1. The molecule has 17 heavy (non-hydrogen) atoms. The van der Waals surface area contributed by atoms with Crippen molar-refractivity contribution in [2.75, 3.05) is 17.8 Å². The molecule has 0 saturated heterocycles. The molecule has 1 aromatic carbocycles. The zero-order chi connectivity index (χ0) is 12.9. The fourth-order valence-electron chi connectivity index (χ4n) is 1.13. The SMILES string of the molecule is NN(C(=O)CNCP(=O)(O)O)c1ccccc1. The summed E-state index contributed by atoms with van der Waals surface area (Å²) in [6.45, 7) is -0.240. The standard InChI is InChI=1S/C9H14N3O4P/c10-12(8-4-2-1-3-5-8)9(13)6-11-7-17(14,15)16/h1-5,11H,6-7,10H2,(H2,14,15,16). The van der Waals surface area contributed by atoms with Crippen molar-refractivity contribution in [2.24, 2.45) is 5.84 Å². The predicted octanol–water partition coefficient (Wildman–Crippen LogP) is -0.382. The lowest BCUT2D eigenvalue weighted by molar-refractivity contribution is -0.117. The number of rotatable bonds is 5. The molecular weight excluding hydrogens is 245 g/mol. The van der Waals surface area contributed by atoms with Crippen LogP contribution in [0.3, 0.4) is 0 Å². The molecule has 1 aromatic rings. The number of anilines is 1. The number of nitrogens with zero attached hydrogens (tertiary/aromatic N) is 1. The Balaban J connectivity index is 2.46. The minimum absolute atomic E-state index is 0.240. The second kappa shape index (κ2) is 5.90. The fourth-order valence-corrected chi connectivity index (χ4v) is 1.53. The first-order valence-corrected chi connectivity index (χ1v) is 6.58. The van der Waals surface area contributed by atoms with Crippen LogP contribution < -0.4 is 16.2 Å². The lowest BCUT2D eigenvalue weighted by atomic mass is 10.3. The third-order valence-electron chi connectivity index (χ3n) is 1.90. The molecule has 0 heterocycles. The summed E-state index contributed by atoms with van der Waals surface area (Å²) < 4.78 is 10.5. The zero-order valence-corrected chi connectivity index (χ0v) is 9.88. The highest BCUT2D eigenvalue weighted by atomic mass is 31.2. The molecular formula is C9H14N3O4P. The number of carbonyl (C=O) groups excluding carboxylic acids is 1. The summed E-state index contributed by atoms with van der Waals surface area (Å²) >= 11 is 0. The molecule has 8 heteroatoms. The summed E-state index contributed by atoms with van der Waals surface area (Å²) in [5.41, 5.74) is 0.510. The number of hydrogen-bond acceptors (Lipinski definition) is 4. The molecule has 7 nitrogen and oxygen atoms in total. The van der Waals surface area contributed by atoms with Crippen molar-refractivity contribution in [2.45, 2.75) is 0 Å². The molecule has 0 radical (unpaired) electrons. The van der Waals surface area contributed by atoms with Gasteiger partial charge in [0, 0.05) is 0 Å². The van der Waals surface area contributed by atoms with Gasteiger partial charge in [-0.05, 0) is 12.1 Å². The van der Waals surface area contributed by atoms with Crippen LogP contribution in [0.4, 0.5) is 5.69 Å². The maximum Gasteiger partial charge on any atom is 0.339 e. The molecule has 0 aliphatic heterocycles. The third-order valence-corrected chi connectivity index (χ3v) is 2.53. The van der Waals surface area contributed by atoms with Crippen LogP contribution in [0.15, 0.2) is 30.3 Å². The van der Waals surface area contributed by atoms with E-state index in [9.17, 15) is 9.36 Å². The van der Waals surface area contributed by atoms with E-state index in [-0.39, 0.29) is 6.54 Å². The Kier molecular flexibility index (Phi) is 4.80. The molecule has 5 N–H and O–H groups in total. The number of nitrogens with two attached hydrogens (primary N) is 1. The van der Waals surface area contributed by atoms with Gasteiger partial charge in [0.1, 0.15) is 0 Å². The van der Waals surface area contributed by atoms with Gasteiger partial charge in [-0.1, -0.05) is 18.2 Å². The van der Waals surface area contributed by atoms with E-state index in [1.165, 1.54) is 0 Å². The Hall–Kier alpha value is -1.24. The molecule has 0 saturated carbocycles. The average molecular weight is 259 g/mol. The largest absolute Gasteiger partial charge is 0.339 e. The van der Waals surface area contributed by atoms with Gasteiger partial charge in [-0.3, -0.25) is 14.7 Å². The van der Waals surface area contributed by atoms with E-state index >= 15 is 0 Å². The van der Waals surface area contributed by atoms with Gasteiger partial charge in [-0.25, -0.2) is 10.9 Å². The lowest BCUT2D eigenvalue weighted by Crippen LogP contribution is -2.43. The normalized spacial score (nSPS) is 11.2. The van der Waals surface area contributed by atoms with E-state index in [0.717, 1.165) is 5.01 Å². The smallest absolute Gasteiger partial charge is 0.324 e. The van der Waals surface area contributed by atoms with Crippen LogP contribution in [0.25, 0.3) is 0 Å². The molecule has 0 aromatic heterocycles. The quantitative estimate of drug-likeness (QED) is 0.248. The van der Waals surface area contributed by atoms with Gasteiger partial charge in [0.2, 0.25) is 0 Å². The second-order valence-corrected chi connectivity index (χ2v) is 4.99. The van der Waals surface area contributed by atoms with E-state index in [0.29, 0.717) is 5.69 Å². The third kappa shape index (κ3) is 5.08. The van der Waals surface area contributed by atoms with Crippen LogP contribution >= 0.6 is 7.60 Å². The number of nitrogens with one attached hydrogen (secondary N) is 1. The minimum Gasteiger partial charge on any atom is -0.324 e. The maximum atomic E-state index is 11.5. The molecule has 0 unspecified atom stereocenters. The minimum atomic E-state index is -4.15. The first-order chi connectivity index (χ1) is 7.90. The van der Waals surface area contributed by atoms with Gasteiger partial charge in [0.15, 0.2) is 0 Å². The summed E-state index contributed by atoms with van der Waals surface area (Å²) in [5.74, 6) is 5.06. The van der Waals surface area contributed by atoms with Crippen LogP contribution in [-0.4, -0.2) is 28.5 Å². The maximum absolute atomic E-state index is 11.5. The van der Waals surface area contributed by atoms with Gasteiger partial charge in [-0.15, -0.1) is 0 Å². The van der Waals surface area contributed by atoms with Crippen molar-refractivity contribution < 1.29 is 19.1 Å². The van der Waals surface area contributed by atoms with E-state index in [4.69, 9.17) is 15.6 Å². The first-order valence-electron chi connectivity index (χ1n) is 4.78. The Bertz CT molecular complexity index is 420. The average Bonchev–Trinajstić information content (AvgIpc) is 2.27. The molecule has 0 bridgehead atoms. The predicted molar refractivity (Wildman–Crippen MR) is 63.0 cm³/mol. The highest BCUT2D eigenvalue weighted by molar-refractivity contribution is 7.51. The van der Waals surface area contributed by atoms with E-state index in [1.807, 2.05) is 0 Å². The van der Waals surface area contributed by atoms with E-state index in [2.05, 4.69) is 5.32 Å². The Morgan fingerprint density at radius 1 is 1.35 bits per heavy atom. The highest BCUT2D eigenvalue weighted by Gasteiger charge is 2.15. The van der Waals surface area contributed by atoms with Crippen molar-refractivity contribution in [1.82, 2.24) is 5.32 Å². The Morgan fingerprint density at radius 2 is 1.94 bits per heavy atom. The van der Waals surface area contributed by atoms with Crippen LogP contribution in [0.5, 0.6) is 0 Å². The molecule has 0 atom stereocenters. The molecule has 0 spiro atoms. The van der Waals surface area contributed by atoms with Gasteiger partial charge in [-0.2, -0.15) is 0 Å². The van der Waals surface area contributed by atoms with Crippen molar-refractivity contribution in [3.05, 3.63) is 30.3 Å². The number of hydrazine groups is 1. The first kappa shape index (κ1) is 13.8. The van der Waals surface area contributed by atoms with Gasteiger partial charge >= 0.3 is 7.60 Å². The number of benzene rings is 1. The van der Waals surface area contributed by atoms with Gasteiger partial charge in [0.25, 0.3) is 5.91 Å². The summed E-state index contributed by atoms with van der Waals surface area (Å²) in [4.78, 5) is 28.7. The molecule has 0 fully saturated rings. The van der Waals surface area contributed by atoms with Crippen LogP contribution in [0.1, 0.15) is 0 Å². The molecule has 1 amide bonds. The number of para-hydroxylation sites is 1. The molecule has 0 aliphatic carbocycles. The highest BCUT2D eigenvalue weighted by Crippen LogP contribution is 2.31. The molecule has 94 valence electrons. The van der Waals surface area contributed by atoms with Gasteiger partial charge in [0.05, 0.1) is 18.5 Å². The van der Waals surface area contributed by atoms with Crippen molar-refractivity contribution in [3.8, 4) is 0 Å². The van der Waals surface area contributed by atoms with Crippen molar-refractivity contribution in [3.63, 3.8) is 0 Å². The lowest BCUT2D eigenvalue weighted by Gasteiger charge is -2.16. The fraction of sp³-hybridized carbons (Fsp3) is 0.222. The van der Waals surface area contributed by atoms with Gasteiger partial charge < -0.3 is 9.79 Å². The Morgan fingerprint density at radius 3 is 2.47 bits per heavy atom. The topological polar surface area (TPSA) is 116 Å². The van der Waals surface area contributed by atoms with E-state index < -0.39 is 19.8 Å². The summed E-state index contributed by atoms with van der Waals surface area (Å²) in [7, 11) is -4.15. The van der Waals surface area contributed by atoms with Crippen LogP contribution in [0.2, 0.25) is 0 Å². The van der Waals surface area contributed by atoms with Crippen LogP contribution in [0, 0.1) is 0 Å². The van der Waals surface area contributed by atoms with E-state index in [1.54, 1.807) is 30.3 Å². The number of hydrogen-bond donors (Lipinski definition) is 4. The van der Waals surface area contributed by atoms with Crippen molar-refractivity contribution >= 4 is 19.2 Å². The molecule has 1 rings (SSSR count). The number of carbonyl (C=O) groups is 1. The molecule has 0 aliphatic rings.